The van der Waals surface area contributed by atoms with Crippen LogP contribution in [0.15, 0.2) is 36.0 Å². The predicted octanol–water partition coefficient (Wildman–Crippen LogP) is 5.79. The summed E-state index contributed by atoms with van der Waals surface area (Å²) in [6.45, 7) is 17.0. The van der Waals surface area contributed by atoms with Gasteiger partial charge in [-0.05, 0) is 38.7 Å². The van der Waals surface area contributed by atoms with E-state index in [4.69, 9.17) is 30.3 Å². The van der Waals surface area contributed by atoms with Gasteiger partial charge in [0.05, 0.1) is 30.5 Å². The summed E-state index contributed by atoms with van der Waals surface area (Å²) in [4.78, 5) is 3.54. The lowest BCUT2D eigenvalue weighted by Crippen LogP contribution is -2.31. The standard InChI is InChI=1S/C27H47NO5/c1-11-12-23(29-6)16-24(30-7)17-25(31-8)18-26(32-9)19-27(33-10)21(3)15-20(2)13-14-22(4)28-5/h11,13,15,22-27H,1,12,14,16-19H2,2-4,6-10H3/b20-13+,21-15+/t22?,23-,24-,25-,26-,27-/m0/s1. The predicted molar refractivity (Wildman–Crippen MR) is 135 cm³/mol. The molecule has 0 aliphatic rings. The summed E-state index contributed by atoms with van der Waals surface area (Å²) in [7, 11) is 8.65. The summed E-state index contributed by atoms with van der Waals surface area (Å²) in [6.07, 6.45) is 10.7. The van der Waals surface area contributed by atoms with Gasteiger partial charge in [0, 0.05) is 61.7 Å². The Hall–Kier alpha value is -1.49. The Labute approximate surface area is 202 Å². The highest BCUT2D eigenvalue weighted by molar-refractivity contribution is 5.23. The van der Waals surface area contributed by atoms with Gasteiger partial charge in [-0.2, -0.15) is 0 Å². The minimum Gasteiger partial charge on any atom is -0.381 e. The van der Waals surface area contributed by atoms with Gasteiger partial charge in [0.2, 0.25) is 6.04 Å². The lowest BCUT2D eigenvalue weighted by Gasteiger charge is -2.28. The molecule has 0 aromatic heterocycles. The quantitative estimate of drug-likeness (QED) is 0.137. The van der Waals surface area contributed by atoms with Crippen LogP contribution < -0.4 is 0 Å². The minimum absolute atomic E-state index is 0.000305. The Morgan fingerprint density at radius 2 is 1.27 bits per heavy atom. The lowest BCUT2D eigenvalue weighted by molar-refractivity contribution is -0.0388. The van der Waals surface area contributed by atoms with Crippen molar-refractivity contribution in [2.45, 2.75) is 95.9 Å². The Balaban J connectivity index is 5.10. The van der Waals surface area contributed by atoms with E-state index in [0.29, 0.717) is 0 Å². The summed E-state index contributed by atoms with van der Waals surface area (Å²) in [6, 6.07) is 0.00240. The zero-order valence-electron chi connectivity index (χ0n) is 22.1. The van der Waals surface area contributed by atoms with Gasteiger partial charge >= 0.3 is 0 Å². The highest BCUT2D eigenvalue weighted by Gasteiger charge is 2.25. The highest BCUT2D eigenvalue weighted by atomic mass is 16.5. The van der Waals surface area contributed by atoms with Gasteiger partial charge in [0.15, 0.2) is 0 Å². The Morgan fingerprint density at radius 1 is 0.788 bits per heavy atom. The third kappa shape index (κ3) is 13.7. The molecule has 0 aliphatic heterocycles. The second-order valence-corrected chi connectivity index (χ2v) is 8.67. The van der Waals surface area contributed by atoms with Crippen molar-refractivity contribution in [1.82, 2.24) is 0 Å². The fraction of sp³-hybridized carbons (Fsp3) is 0.741. The van der Waals surface area contributed by atoms with Crippen LogP contribution in [0.5, 0.6) is 0 Å². The topological polar surface area (TPSA) is 50.5 Å². The van der Waals surface area contributed by atoms with E-state index in [-0.39, 0.29) is 36.6 Å². The Bertz CT molecular complexity index is 624. The SMILES string of the molecule is [C-]#[N+]C(C)C/C=C(C)/C=C(\C)[C@H](C[C@H](C[C@H](C[C@H](C[C@H](CC=C)OC)OC)OC)OC)OC. The monoisotopic (exact) mass is 465 g/mol. The maximum Gasteiger partial charge on any atom is 0.224 e. The molecule has 0 radical (unpaired) electrons. The number of ether oxygens (including phenoxy) is 5. The van der Waals surface area contributed by atoms with Crippen molar-refractivity contribution in [1.29, 1.82) is 0 Å². The fourth-order valence-electron chi connectivity index (χ4n) is 3.85. The molecule has 0 amide bonds. The van der Waals surface area contributed by atoms with E-state index >= 15 is 0 Å². The van der Waals surface area contributed by atoms with Gasteiger partial charge in [-0.1, -0.05) is 23.8 Å². The van der Waals surface area contributed by atoms with Gasteiger partial charge < -0.3 is 28.5 Å². The second kappa shape index (κ2) is 18.9. The van der Waals surface area contributed by atoms with E-state index in [1.807, 2.05) is 13.0 Å². The minimum atomic E-state index is -0.0576. The first kappa shape index (κ1) is 31.5. The largest absolute Gasteiger partial charge is 0.381 e. The van der Waals surface area contributed by atoms with Crippen molar-refractivity contribution >= 4 is 0 Å². The number of hydrogen-bond acceptors (Lipinski definition) is 5. The maximum atomic E-state index is 7.10. The average molecular weight is 466 g/mol. The van der Waals surface area contributed by atoms with E-state index in [2.05, 4.69) is 37.4 Å². The van der Waals surface area contributed by atoms with Crippen LogP contribution in [-0.2, 0) is 23.7 Å². The molecule has 0 aromatic carbocycles. The maximum absolute atomic E-state index is 7.10. The number of hydrogen-bond donors (Lipinski definition) is 0. The van der Waals surface area contributed by atoms with E-state index in [1.54, 1.807) is 35.5 Å². The zero-order valence-corrected chi connectivity index (χ0v) is 22.1. The van der Waals surface area contributed by atoms with Crippen LogP contribution >= 0.6 is 0 Å². The van der Waals surface area contributed by atoms with Crippen molar-refractivity contribution in [2.75, 3.05) is 35.5 Å². The van der Waals surface area contributed by atoms with Gasteiger partial charge in [-0.3, -0.25) is 0 Å². The summed E-state index contributed by atoms with van der Waals surface area (Å²) in [5.74, 6) is 0. The molecule has 6 nitrogen and oxygen atoms in total. The van der Waals surface area contributed by atoms with Crippen LogP contribution in [0.4, 0.5) is 0 Å². The van der Waals surface area contributed by atoms with E-state index < -0.39 is 0 Å². The molecule has 0 saturated heterocycles. The van der Waals surface area contributed by atoms with Crippen LogP contribution in [0.25, 0.3) is 4.85 Å². The van der Waals surface area contributed by atoms with E-state index in [0.717, 1.165) is 49.7 Å². The lowest BCUT2D eigenvalue weighted by atomic mass is 9.95. The van der Waals surface area contributed by atoms with E-state index in [9.17, 15) is 0 Å². The van der Waals surface area contributed by atoms with Gasteiger partial charge in [0.1, 0.15) is 0 Å². The molecule has 0 aromatic rings. The van der Waals surface area contributed by atoms with Gasteiger partial charge in [-0.15, -0.1) is 6.58 Å². The molecule has 0 saturated carbocycles. The van der Waals surface area contributed by atoms with Crippen LogP contribution in [-0.4, -0.2) is 72.1 Å². The van der Waals surface area contributed by atoms with Crippen LogP contribution in [0.1, 0.15) is 59.3 Å². The number of nitrogens with zero attached hydrogens (tertiary/aromatic N) is 1. The van der Waals surface area contributed by atoms with Crippen LogP contribution in [0, 0.1) is 6.57 Å². The summed E-state index contributed by atoms with van der Waals surface area (Å²) in [5, 5.41) is 0. The normalized spacial score (nSPS) is 18.2. The zero-order chi connectivity index (χ0) is 25.2. The molecule has 0 aliphatic carbocycles. The van der Waals surface area contributed by atoms with Crippen molar-refractivity contribution in [3.05, 3.63) is 47.4 Å². The van der Waals surface area contributed by atoms with Gasteiger partial charge in [0.25, 0.3) is 0 Å². The van der Waals surface area contributed by atoms with Gasteiger partial charge in [-0.25, -0.2) is 6.57 Å². The molecular weight excluding hydrogens is 418 g/mol. The average Bonchev–Trinajstić information content (AvgIpc) is 2.82. The number of methoxy groups -OCH3 is 5. The molecule has 0 bridgehead atoms. The summed E-state index contributed by atoms with van der Waals surface area (Å²) >= 11 is 0. The molecule has 6 heteroatoms. The van der Waals surface area contributed by atoms with Crippen LogP contribution in [0.3, 0.4) is 0 Å². The summed E-state index contributed by atoms with van der Waals surface area (Å²) < 4.78 is 28.6. The molecule has 0 N–H and O–H groups in total. The smallest absolute Gasteiger partial charge is 0.224 e. The molecule has 0 heterocycles. The van der Waals surface area contributed by atoms with E-state index in [1.165, 1.54) is 0 Å². The second-order valence-electron chi connectivity index (χ2n) is 8.67. The third-order valence-corrected chi connectivity index (χ3v) is 6.07. The first-order valence-electron chi connectivity index (χ1n) is 11.7. The first-order valence-corrected chi connectivity index (χ1v) is 11.7. The molecule has 1 unspecified atom stereocenters. The molecular formula is C27H47NO5. The van der Waals surface area contributed by atoms with Crippen molar-refractivity contribution in [2.24, 2.45) is 0 Å². The Morgan fingerprint density at radius 3 is 1.70 bits per heavy atom. The molecule has 33 heavy (non-hydrogen) atoms. The molecule has 0 fully saturated rings. The summed E-state index contributed by atoms with van der Waals surface area (Å²) in [5.41, 5.74) is 2.28. The first-order chi connectivity index (χ1) is 15.8. The molecule has 6 atom stereocenters. The Kier molecular flexibility index (Phi) is 18.0. The highest BCUT2D eigenvalue weighted by Crippen LogP contribution is 2.23. The number of allylic oxidation sites excluding steroid dienone is 2. The van der Waals surface area contributed by atoms with Crippen molar-refractivity contribution < 1.29 is 23.7 Å². The molecule has 0 rings (SSSR count). The fourth-order valence-corrected chi connectivity index (χ4v) is 3.85. The third-order valence-electron chi connectivity index (χ3n) is 6.07. The number of rotatable bonds is 19. The van der Waals surface area contributed by atoms with Crippen LogP contribution in [0.2, 0.25) is 0 Å². The molecule has 0 spiro atoms. The van der Waals surface area contributed by atoms with Crippen molar-refractivity contribution in [3.63, 3.8) is 0 Å². The van der Waals surface area contributed by atoms with Crippen molar-refractivity contribution in [3.8, 4) is 0 Å². The molecule has 190 valence electrons.